The van der Waals surface area contributed by atoms with Gasteiger partial charge in [-0.25, -0.2) is 0 Å². The minimum absolute atomic E-state index is 0.147. The van der Waals surface area contributed by atoms with Crippen LogP contribution in [0.3, 0.4) is 0 Å². The number of aryl methyl sites for hydroxylation is 2. The average molecular weight is 239 g/mol. The summed E-state index contributed by atoms with van der Waals surface area (Å²) in [5, 5.41) is 4.14. The van der Waals surface area contributed by atoms with Gasteiger partial charge in [0.25, 0.3) is 5.91 Å². The van der Waals surface area contributed by atoms with Crippen LogP contribution in [-0.2, 0) is 11.3 Å². The Bertz CT molecular complexity index is 452. The van der Waals surface area contributed by atoms with Crippen LogP contribution in [0.5, 0.6) is 0 Å². The molecule has 0 aliphatic carbocycles. The van der Waals surface area contributed by atoms with Gasteiger partial charge in [0.15, 0.2) is 0 Å². The molecule has 1 rings (SSSR count). The van der Waals surface area contributed by atoms with Crippen molar-refractivity contribution in [2.75, 3.05) is 19.3 Å². The highest BCUT2D eigenvalue weighted by atomic mass is 16.2. The van der Waals surface area contributed by atoms with Gasteiger partial charge in [-0.15, -0.1) is 0 Å². The molecule has 0 saturated heterocycles. The van der Waals surface area contributed by atoms with E-state index in [0.29, 0.717) is 23.6 Å². The summed E-state index contributed by atoms with van der Waals surface area (Å²) in [5.74, 6) is -0.928. The molecule has 1 aromatic heterocycles. The summed E-state index contributed by atoms with van der Waals surface area (Å²) in [4.78, 5) is 24.1. The molecule has 94 valence electrons. The summed E-state index contributed by atoms with van der Waals surface area (Å²) in [5.41, 5.74) is 12.1. The topological polar surface area (TPSA) is 107 Å². The van der Waals surface area contributed by atoms with Crippen LogP contribution in [0, 0.1) is 6.92 Å². The van der Waals surface area contributed by atoms with Crippen molar-refractivity contribution in [2.45, 2.75) is 20.4 Å². The van der Waals surface area contributed by atoms with Gasteiger partial charge in [0.05, 0.1) is 17.9 Å². The first-order valence-electron chi connectivity index (χ1n) is 5.25. The number of hydrogen-bond donors (Lipinski definition) is 2. The van der Waals surface area contributed by atoms with Crippen LogP contribution in [-0.4, -0.2) is 40.1 Å². The smallest absolute Gasteiger partial charge is 0.274 e. The third-order valence-corrected chi connectivity index (χ3v) is 2.42. The molecule has 0 fully saturated rings. The molecule has 7 nitrogen and oxygen atoms in total. The molecule has 1 aromatic rings. The predicted molar refractivity (Wildman–Crippen MR) is 63.2 cm³/mol. The average Bonchev–Trinajstić information content (AvgIpc) is 2.53. The summed E-state index contributed by atoms with van der Waals surface area (Å²) in [7, 11) is 1.49. The minimum Gasteiger partial charge on any atom is -0.395 e. The van der Waals surface area contributed by atoms with Crippen LogP contribution in [0.25, 0.3) is 0 Å². The van der Waals surface area contributed by atoms with Crippen LogP contribution in [0.15, 0.2) is 0 Å². The molecule has 0 bridgehead atoms. The number of likely N-dealkylation sites (N-methyl/N-ethyl adjacent to an activating group) is 1. The van der Waals surface area contributed by atoms with Gasteiger partial charge in [-0.1, -0.05) is 0 Å². The maximum Gasteiger partial charge on any atom is 0.274 e. The number of nitrogen functional groups attached to an aromatic ring is 1. The third-order valence-electron chi connectivity index (χ3n) is 2.42. The number of primary amides is 1. The molecule has 0 aromatic carbocycles. The van der Waals surface area contributed by atoms with Crippen LogP contribution >= 0.6 is 0 Å². The second kappa shape index (κ2) is 4.86. The van der Waals surface area contributed by atoms with E-state index in [1.165, 1.54) is 16.6 Å². The van der Waals surface area contributed by atoms with Crippen molar-refractivity contribution in [3.05, 3.63) is 11.4 Å². The molecule has 4 N–H and O–H groups in total. The number of anilines is 1. The molecular formula is C10H17N5O2. The first-order chi connectivity index (χ1) is 7.88. The van der Waals surface area contributed by atoms with E-state index in [2.05, 4.69) is 5.10 Å². The summed E-state index contributed by atoms with van der Waals surface area (Å²) in [6.45, 7) is 3.97. The zero-order valence-electron chi connectivity index (χ0n) is 10.2. The van der Waals surface area contributed by atoms with Gasteiger partial charge in [0, 0.05) is 13.6 Å². The van der Waals surface area contributed by atoms with E-state index in [9.17, 15) is 9.59 Å². The zero-order chi connectivity index (χ0) is 13.2. The number of aromatic nitrogens is 2. The number of hydrogen-bond acceptors (Lipinski definition) is 4. The summed E-state index contributed by atoms with van der Waals surface area (Å²) < 4.78 is 1.52. The number of carbonyl (C=O) groups excluding carboxylic acids is 2. The molecule has 2 amide bonds. The van der Waals surface area contributed by atoms with E-state index in [4.69, 9.17) is 11.5 Å². The molecule has 0 aliphatic rings. The molecule has 0 aliphatic heterocycles. The molecule has 0 unspecified atom stereocenters. The fraction of sp³-hybridized carbons (Fsp3) is 0.500. The van der Waals surface area contributed by atoms with E-state index in [1.54, 1.807) is 6.92 Å². The lowest BCUT2D eigenvalue weighted by atomic mass is 10.2. The molecule has 0 spiro atoms. The number of carbonyl (C=O) groups is 2. The highest BCUT2D eigenvalue weighted by molar-refractivity contribution is 5.99. The van der Waals surface area contributed by atoms with Gasteiger partial charge in [0.2, 0.25) is 5.91 Å². The van der Waals surface area contributed by atoms with Gasteiger partial charge < -0.3 is 16.4 Å². The Labute approximate surface area is 99.4 Å². The Morgan fingerprint density at radius 2 is 2.06 bits per heavy atom. The molecule has 0 atom stereocenters. The highest BCUT2D eigenvalue weighted by Crippen LogP contribution is 2.17. The SMILES string of the molecule is CCn1nc(C)c(N)c1C(=O)N(C)CC(N)=O. The van der Waals surface area contributed by atoms with Crippen LogP contribution in [0.1, 0.15) is 23.1 Å². The lowest BCUT2D eigenvalue weighted by Gasteiger charge is -2.16. The quantitative estimate of drug-likeness (QED) is 0.728. The van der Waals surface area contributed by atoms with Crippen molar-refractivity contribution in [1.29, 1.82) is 0 Å². The second-order valence-corrected chi connectivity index (χ2v) is 3.79. The van der Waals surface area contributed by atoms with E-state index in [1.807, 2.05) is 6.92 Å². The van der Waals surface area contributed by atoms with Crippen molar-refractivity contribution in [3.8, 4) is 0 Å². The summed E-state index contributed by atoms with van der Waals surface area (Å²) >= 11 is 0. The monoisotopic (exact) mass is 239 g/mol. The number of rotatable bonds is 4. The summed E-state index contributed by atoms with van der Waals surface area (Å²) in [6, 6.07) is 0. The minimum atomic E-state index is -0.571. The lowest BCUT2D eigenvalue weighted by Crippen LogP contribution is -2.36. The van der Waals surface area contributed by atoms with Crippen LogP contribution in [0.4, 0.5) is 5.69 Å². The Balaban J connectivity index is 3.07. The van der Waals surface area contributed by atoms with Crippen molar-refractivity contribution in [1.82, 2.24) is 14.7 Å². The van der Waals surface area contributed by atoms with Gasteiger partial charge in [-0.2, -0.15) is 5.10 Å². The molecule has 1 heterocycles. The van der Waals surface area contributed by atoms with Gasteiger partial charge >= 0.3 is 0 Å². The fourth-order valence-corrected chi connectivity index (χ4v) is 1.54. The Hall–Kier alpha value is -2.05. The van der Waals surface area contributed by atoms with Crippen LogP contribution in [0.2, 0.25) is 0 Å². The molecule has 7 heteroatoms. The Kier molecular flexibility index (Phi) is 3.72. The Morgan fingerprint density at radius 1 is 1.47 bits per heavy atom. The van der Waals surface area contributed by atoms with Crippen molar-refractivity contribution < 1.29 is 9.59 Å². The first kappa shape index (κ1) is 13.0. The van der Waals surface area contributed by atoms with Crippen molar-refractivity contribution in [3.63, 3.8) is 0 Å². The second-order valence-electron chi connectivity index (χ2n) is 3.79. The number of amides is 2. The zero-order valence-corrected chi connectivity index (χ0v) is 10.2. The maximum absolute atomic E-state index is 12.1. The van der Waals surface area contributed by atoms with E-state index in [-0.39, 0.29) is 12.5 Å². The van der Waals surface area contributed by atoms with Crippen LogP contribution < -0.4 is 11.5 Å². The molecular weight excluding hydrogens is 222 g/mol. The Morgan fingerprint density at radius 3 is 2.53 bits per heavy atom. The molecule has 0 saturated carbocycles. The normalized spacial score (nSPS) is 10.3. The van der Waals surface area contributed by atoms with Gasteiger partial charge in [0.1, 0.15) is 5.69 Å². The maximum atomic E-state index is 12.1. The highest BCUT2D eigenvalue weighted by Gasteiger charge is 2.22. The van der Waals surface area contributed by atoms with Crippen molar-refractivity contribution >= 4 is 17.5 Å². The number of nitrogens with zero attached hydrogens (tertiary/aromatic N) is 3. The largest absolute Gasteiger partial charge is 0.395 e. The predicted octanol–water partition coefficient (Wildman–Crippen LogP) is -0.649. The lowest BCUT2D eigenvalue weighted by molar-refractivity contribution is -0.118. The van der Waals surface area contributed by atoms with E-state index < -0.39 is 5.91 Å². The van der Waals surface area contributed by atoms with E-state index in [0.717, 1.165) is 0 Å². The molecule has 17 heavy (non-hydrogen) atoms. The summed E-state index contributed by atoms with van der Waals surface area (Å²) in [6.07, 6.45) is 0. The fourth-order valence-electron chi connectivity index (χ4n) is 1.54. The number of nitrogens with two attached hydrogens (primary N) is 2. The standard InChI is InChI=1S/C10H17N5O2/c1-4-15-9(8(12)6(2)13-15)10(17)14(3)5-7(11)16/h4-5,12H2,1-3H3,(H2,11,16). The van der Waals surface area contributed by atoms with E-state index >= 15 is 0 Å². The molecule has 0 radical (unpaired) electrons. The third kappa shape index (κ3) is 2.55. The van der Waals surface area contributed by atoms with Crippen molar-refractivity contribution in [2.24, 2.45) is 5.73 Å². The first-order valence-corrected chi connectivity index (χ1v) is 5.25. The van der Waals surface area contributed by atoms with Gasteiger partial charge in [-0.3, -0.25) is 14.3 Å². The van der Waals surface area contributed by atoms with Gasteiger partial charge in [-0.05, 0) is 13.8 Å².